The van der Waals surface area contributed by atoms with Gasteiger partial charge in [0.05, 0.1) is 16.7 Å². The Labute approximate surface area is 81.8 Å². The molecule has 3 nitrogen and oxygen atoms in total. The van der Waals surface area contributed by atoms with Crippen molar-refractivity contribution in [2.45, 2.75) is 13.3 Å². The highest BCUT2D eigenvalue weighted by Crippen LogP contribution is 2.11. The van der Waals surface area contributed by atoms with Gasteiger partial charge in [-0.25, -0.2) is 9.97 Å². The van der Waals surface area contributed by atoms with E-state index in [0.29, 0.717) is 5.69 Å². The van der Waals surface area contributed by atoms with Crippen molar-refractivity contribution >= 4 is 17.3 Å². The molecule has 0 unspecified atom stereocenters. The number of fused-ring (bicyclic) bond motifs is 1. The van der Waals surface area contributed by atoms with Crippen LogP contribution in [0.3, 0.4) is 0 Å². The van der Waals surface area contributed by atoms with Gasteiger partial charge in [0.15, 0.2) is 6.29 Å². The average Bonchev–Trinajstić information content (AvgIpc) is 2.27. The lowest BCUT2D eigenvalue weighted by Gasteiger charge is -2.02. The second kappa shape index (κ2) is 3.54. The molecule has 0 aliphatic heterocycles. The zero-order valence-electron chi connectivity index (χ0n) is 7.90. The second-order valence-electron chi connectivity index (χ2n) is 3.02. The van der Waals surface area contributed by atoms with Crippen LogP contribution < -0.4 is 0 Å². The van der Waals surface area contributed by atoms with E-state index in [9.17, 15) is 4.79 Å². The van der Waals surface area contributed by atoms with E-state index in [2.05, 4.69) is 9.97 Å². The van der Waals surface area contributed by atoms with E-state index in [4.69, 9.17) is 0 Å². The van der Waals surface area contributed by atoms with E-state index >= 15 is 0 Å². The normalized spacial score (nSPS) is 10.4. The van der Waals surface area contributed by atoms with Gasteiger partial charge < -0.3 is 0 Å². The average molecular weight is 186 g/mol. The molecular formula is C11H10N2O. The fraction of sp³-hybridized carbons (Fsp3) is 0.182. The molecule has 2 rings (SSSR count). The van der Waals surface area contributed by atoms with E-state index in [1.54, 1.807) is 0 Å². The predicted octanol–water partition coefficient (Wildman–Crippen LogP) is 2.00. The van der Waals surface area contributed by atoms with E-state index in [1.165, 1.54) is 0 Å². The fourth-order valence-corrected chi connectivity index (χ4v) is 1.40. The Kier molecular flexibility index (Phi) is 2.23. The van der Waals surface area contributed by atoms with Crippen LogP contribution in [0.15, 0.2) is 24.3 Å². The monoisotopic (exact) mass is 186 g/mol. The number of aldehydes is 1. The number of aromatic nitrogens is 2. The maximum absolute atomic E-state index is 10.7. The highest BCUT2D eigenvalue weighted by molar-refractivity contribution is 5.81. The van der Waals surface area contributed by atoms with Crippen molar-refractivity contribution in [3.63, 3.8) is 0 Å². The summed E-state index contributed by atoms with van der Waals surface area (Å²) >= 11 is 0. The zero-order valence-corrected chi connectivity index (χ0v) is 7.90. The van der Waals surface area contributed by atoms with Gasteiger partial charge in [-0.1, -0.05) is 19.1 Å². The van der Waals surface area contributed by atoms with Crippen molar-refractivity contribution < 1.29 is 4.79 Å². The number of hydrogen-bond donors (Lipinski definition) is 0. The van der Waals surface area contributed by atoms with Gasteiger partial charge in [0, 0.05) is 0 Å². The molecule has 2 aromatic rings. The number of aryl methyl sites for hydroxylation is 1. The maximum atomic E-state index is 10.7. The highest BCUT2D eigenvalue weighted by atomic mass is 16.1. The third-order valence-electron chi connectivity index (χ3n) is 2.12. The lowest BCUT2D eigenvalue weighted by Crippen LogP contribution is -1.99. The van der Waals surface area contributed by atoms with Crippen molar-refractivity contribution in [1.29, 1.82) is 0 Å². The third-order valence-corrected chi connectivity index (χ3v) is 2.12. The summed E-state index contributed by atoms with van der Waals surface area (Å²) in [6.45, 7) is 1.96. The summed E-state index contributed by atoms with van der Waals surface area (Å²) < 4.78 is 0. The topological polar surface area (TPSA) is 42.9 Å². The van der Waals surface area contributed by atoms with Crippen molar-refractivity contribution in [2.24, 2.45) is 0 Å². The number of carbonyl (C=O) groups excluding carboxylic acids is 1. The van der Waals surface area contributed by atoms with Crippen molar-refractivity contribution in [3.8, 4) is 0 Å². The standard InChI is InChI=1S/C11H10N2O/c1-2-8-11(7-14)13-10-6-4-3-5-9(10)12-8/h3-7H,2H2,1H3. The van der Waals surface area contributed by atoms with Gasteiger partial charge in [-0.15, -0.1) is 0 Å². The molecule has 0 radical (unpaired) electrons. The predicted molar refractivity (Wildman–Crippen MR) is 54.3 cm³/mol. The molecule has 0 saturated carbocycles. The number of benzene rings is 1. The van der Waals surface area contributed by atoms with E-state index in [-0.39, 0.29) is 0 Å². The lowest BCUT2D eigenvalue weighted by atomic mass is 10.2. The highest BCUT2D eigenvalue weighted by Gasteiger charge is 2.04. The molecule has 0 aliphatic rings. The van der Waals surface area contributed by atoms with Crippen molar-refractivity contribution in [1.82, 2.24) is 9.97 Å². The molecule has 1 heterocycles. The Morgan fingerprint density at radius 2 is 1.86 bits per heavy atom. The number of nitrogens with zero attached hydrogens (tertiary/aromatic N) is 2. The minimum absolute atomic E-state index is 0.450. The molecule has 0 saturated heterocycles. The van der Waals surface area contributed by atoms with Gasteiger partial charge in [-0.3, -0.25) is 4.79 Å². The van der Waals surface area contributed by atoms with Crippen molar-refractivity contribution in [3.05, 3.63) is 35.7 Å². The first-order valence-electron chi connectivity index (χ1n) is 4.56. The van der Waals surface area contributed by atoms with Crippen LogP contribution in [0.5, 0.6) is 0 Å². The summed E-state index contributed by atoms with van der Waals surface area (Å²) in [5.41, 5.74) is 2.83. The third kappa shape index (κ3) is 1.37. The van der Waals surface area contributed by atoms with Gasteiger partial charge in [-0.2, -0.15) is 0 Å². The molecule has 0 aliphatic carbocycles. The number of hydrogen-bond acceptors (Lipinski definition) is 3. The Morgan fingerprint density at radius 3 is 2.43 bits per heavy atom. The molecule has 3 heteroatoms. The summed E-state index contributed by atoms with van der Waals surface area (Å²) in [4.78, 5) is 19.3. The van der Waals surface area contributed by atoms with Crippen LogP contribution in [0.1, 0.15) is 23.1 Å². The fourth-order valence-electron chi connectivity index (χ4n) is 1.40. The maximum Gasteiger partial charge on any atom is 0.170 e. The van der Waals surface area contributed by atoms with Gasteiger partial charge >= 0.3 is 0 Å². The minimum Gasteiger partial charge on any atom is -0.296 e. The van der Waals surface area contributed by atoms with Crippen LogP contribution in [0.4, 0.5) is 0 Å². The first kappa shape index (κ1) is 8.81. The first-order valence-corrected chi connectivity index (χ1v) is 4.56. The van der Waals surface area contributed by atoms with Crippen LogP contribution in [-0.2, 0) is 6.42 Å². The molecule has 0 bridgehead atoms. The molecule has 70 valence electrons. The smallest absolute Gasteiger partial charge is 0.170 e. The van der Waals surface area contributed by atoms with Gasteiger partial charge in [0.1, 0.15) is 5.69 Å². The zero-order chi connectivity index (χ0) is 9.97. The molecule has 0 N–H and O–H groups in total. The Morgan fingerprint density at radius 1 is 1.21 bits per heavy atom. The quantitative estimate of drug-likeness (QED) is 0.674. The number of rotatable bonds is 2. The number of carbonyl (C=O) groups is 1. The minimum atomic E-state index is 0.450. The van der Waals surface area contributed by atoms with Crippen LogP contribution in [0, 0.1) is 0 Å². The Balaban J connectivity index is 2.75. The Hall–Kier alpha value is -1.77. The summed E-state index contributed by atoms with van der Waals surface area (Å²) in [6.07, 6.45) is 1.49. The molecule has 14 heavy (non-hydrogen) atoms. The summed E-state index contributed by atoms with van der Waals surface area (Å²) in [6, 6.07) is 7.55. The van der Waals surface area contributed by atoms with E-state index in [1.807, 2.05) is 31.2 Å². The van der Waals surface area contributed by atoms with Crippen LogP contribution >= 0.6 is 0 Å². The molecular weight excluding hydrogens is 176 g/mol. The van der Waals surface area contributed by atoms with E-state index in [0.717, 1.165) is 29.4 Å². The van der Waals surface area contributed by atoms with Crippen molar-refractivity contribution in [2.75, 3.05) is 0 Å². The molecule has 0 atom stereocenters. The molecule has 0 spiro atoms. The lowest BCUT2D eigenvalue weighted by molar-refractivity contribution is 0.111. The molecule has 1 aromatic carbocycles. The number of para-hydroxylation sites is 2. The largest absolute Gasteiger partial charge is 0.296 e. The van der Waals surface area contributed by atoms with Crippen LogP contribution in [0.25, 0.3) is 11.0 Å². The summed E-state index contributed by atoms with van der Waals surface area (Å²) in [5.74, 6) is 0. The van der Waals surface area contributed by atoms with Crippen LogP contribution in [-0.4, -0.2) is 16.3 Å². The van der Waals surface area contributed by atoms with Crippen LogP contribution in [0.2, 0.25) is 0 Å². The SMILES string of the molecule is CCc1nc2ccccc2nc1C=O. The van der Waals surface area contributed by atoms with Gasteiger partial charge in [0.25, 0.3) is 0 Å². The molecule has 0 amide bonds. The molecule has 0 fully saturated rings. The summed E-state index contributed by atoms with van der Waals surface area (Å²) in [7, 11) is 0. The Bertz CT molecular complexity index is 480. The van der Waals surface area contributed by atoms with E-state index < -0.39 is 0 Å². The molecule has 1 aromatic heterocycles. The van der Waals surface area contributed by atoms with Gasteiger partial charge in [0.2, 0.25) is 0 Å². The van der Waals surface area contributed by atoms with Gasteiger partial charge in [-0.05, 0) is 18.6 Å². The second-order valence-corrected chi connectivity index (χ2v) is 3.02. The first-order chi connectivity index (χ1) is 6.85. The summed E-state index contributed by atoms with van der Waals surface area (Å²) in [5, 5.41) is 0.